The number of hydrogen-bond donors (Lipinski definition) is 0. The molecule has 0 saturated carbocycles. The second kappa shape index (κ2) is 5.51. The first-order valence-electron chi connectivity index (χ1n) is 4.51. The van der Waals surface area contributed by atoms with E-state index in [4.69, 9.17) is 16.4 Å². The molecule has 6 heteroatoms. The number of rotatable bonds is 3. The Labute approximate surface area is 111 Å². The van der Waals surface area contributed by atoms with Crippen LogP contribution in [-0.4, -0.2) is 11.0 Å². The summed E-state index contributed by atoms with van der Waals surface area (Å²) in [6.45, 7) is 0.865. The van der Waals surface area contributed by atoms with Crippen molar-refractivity contribution in [3.8, 4) is 0 Å². The Hall–Kier alpha value is -0.0700. The van der Waals surface area contributed by atoms with Crippen LogP contribution in [0.25, 0.3) is 0 Å². The maximum Gasteiger partial charge on any atom is 0.130 e. The van der Waals surface area contributed by atoms with Crippen molar-refractivity contribution in [1.29, 1.82) is 0 Å². The van der Waals surface area contributed by atoms with Gasteiger partial charge in [0.25, 0.3) is 0 Å². The van der Waals surface area contributed by atoms with Crippen LogP contribution in [0.2, 0.25) is 5.02 Å². The predicted octanol–water partition coefficient (Wildman–Crippen LogP) is 4.11. The van der Waals surface area contributed by atoms with Gasteiger partial charge in [-0.25, -0.2) is 4.39 Å². The lowest BCUT2D eigenvalue weighted by molar-refractivity contribution is -0.0779. The van der Waals surface area contributed by atoms with Crippen molar-refractivity contribution >= 4 is 39.5 Å². The molecule has 0 aliphatic carbocycles. The fraction of sp³-hybridized carbons (Fsp3) is 0.200. The van der Waals surface area contributed by atoms with E-state index in [1.54, 1.807) is 16.6 Å². The molecule has 86 valence electrons. The molecule has 0 spiro atoms. The first-order valence-corrected chi connectivity index (χ1v) is 6.51. The van der Waals surface area contributed by atoms with E-state index in [2.05, 4.69) is 15.9 Å². The summed E-state index contributed by atoms with van der Waals surface area (Å²) < 4.78 is 16.1. The summed E-state index contributed by atoms with van der Waals surface area (Å²) in [7, 11) is 0. The largest absolute Gasteiger partial charge is 0.283 e. The van der Waals surface area contributed by atoms with Crippen LogP contribution in [0.3, 0.4) is 0 Å². The molecule has 0 atom stereocenters. The van der Waals surface area contributed by atoms with Gasteiger partial charge in [-0.05, 0) is 24.1 Å². The third-order valence-electron chi connectivity index (χ3n) is 1.96. The molecular weight excluding hydrogens is 317 g/mol. The molecule has 0 saturated heterocycles. The Kier molecular flexibility index (Phi) is 4.27. The topological polar surface area (TPSA) is 12.5 Å². The van der Waals surface area contributed by atoms with Gasteiger partial charge in [-0.15, -0.1) is 4.47 Å². The van der Waals surface area contributed by atoms with Crippen molar-refractivity contribution in [1.82, 2.24) is 4.47 Å². The van der Waals surface area contributed by atoms with Gasteiger partial charge < -0.3 is 0 Å². The van der Waals surface area contributed by atoms with Crippen LogP contribution in [0.4, 0.5) is 4.39 Å². The normalized spacial score (nSPS) is 16.6. The zero-order valence-corrected chi connectivity index (χ0v) is 11.3. The lowest BCUT2D eigenvalue weighted by atomic mass is 10.2. The molecule has 0 aromatic heterocycles. The summed E-state index contributed by atoms with van der Waals surface area (Å²) in [5, 5.41) is 2.32. The van der Waals surface area contributed by atoms with Gasteiger partial charge in [0.05, 0.1) is 13.2 Å². The number of hydrogen-bond acceptors (Lipinski definition) is 3. The molecule has 0 radical (unpaired) electrons. The van der Waals surface area contributed by atoms with Crippen LogP contribution >= 0.6 is 39.5 Å². The van der Waals surface area contributed by atoms with E-state index >= 15 is 0 Å². The molecule has 1 aliphatic heterocycles. The molecule has 16 heavy (non-hydrogen) atoms. The molecular formula is C10H8BrClFNOS. The van der Waals surface area contributed by atoms with Gasteiger partial charge in [0, 0.05) is 20.5 Å². The smallest absolute Gasteiger partial charge is 0.130 e. The van der Waals surface area contributed by atoms with Crippen LogP contribution < -0.4 is 0 Å². The predicted molar refractivity (Wildman–Crippen MR) is 67.5 cm³/mol. The van der Waals surface area contributed by atoms with Crippen molar-refractivity contribution in [2.75, 3.05) is 6.54 Å². The Morgan fingerprint density at radius 2 is 2.38 bits per heavy atom. The quantitative estimate of drug-likeness (QED) is 0.776. The van der Waals surface area contributed by atoms with Crippen LogP contribution in [0.1, 0.15) is 5.56 Å². The van der Waals surface area contributed by atoms with E-state index in [9.17, 15) is 4.39 Å². The van der Waals surface area contributed by atoms with Gasteiger partial charge in [-0.3, -0.25) is 4.84 Å². The van der Waals surface area contributed by atoms with Crippen molar-refractivity contribution in [3.05, 3.63) is 44.5 Å². The summed E-state index contributed by atoms with van der Waals surface area (Å²) in [6, 6.07) is 4.56. The number of nitrogens with zero attached hydrogens (tertiary/aromatic N) is 1. The second-order valence-electron chi connectivity index (χ2n) is 3.17. The molecule has 1 aromatic rings. The van der Waals surface area contributed by atoms with E-state index in [0.29, 0.717) is 17.1 Å². The van der Waals surface area contributed by atoms with Crippen LogP contribution in [-0.2, 0) is 11.4 Å². The molecule has 0 N–H and O–H groups in total. The fourth-order valence-corrected chi connectivity index (χ4v) is 2.61. The molecule has 2 rings (SSSR count). The molecule has 1 aromatic carbocycles. The molecule has 0 unspecified atom stereocenters. The molecule has 0 bridgehead atoms. The third-order valence-corrected chi connectivity index (χ3v) is 3.83. The first kappa shape index (κ1) is 12.4. The van der Waals surface area contributed by atoms with Gasteiger partial charge in [-0.1, -0.05) is 33.6 Å². The van der Waals surface area contributed by atoms with E-state index in [1.807, 2.05) is 5.41 Å². The SMILES string of the molecule is Fc1cc(Cl)ccc1CON1CC(Br)=CS1. The highest BCUT2D eigenvalue weighted by Gasteiger charge is 2.14. The monoisotopic (exact) mass is 323 g/mol. The zero-order valence-electron chi connectivity index (χ0n) is 8.12. The van der Waals surface area contributed by atoms with Gasteiger partial charge in [0.2, 0.25) is 0 Å². The molecule has 2 nitrogen and oxygen atoms in total. The van der Waals surface area contributed by atoms with Crippen molar-refractivity contribution in [2.45, 2.75) is 6.61 Å². The highest BCUT2D eigenvalue weighted by Crippen LogP contribution is 2.28. The number of halogens is 3. The zero-order chi connectivity index (χ0) is 11.5. The van der Waals surface area contributed by atoms with Crippen LogP contribution in [0.15, 0.2) is 28.1 Å². The molecule has 0 fully saturated rings. The molecule has 0 amide bonds. The summed E-state index contributed by atoms with van der Waals surface area (Å²) in [5.74, 6) is -0.344. The summed E-state index contributed by atoms with van der Waals surface area (Å²) in [5.41, 5.74) is 0.494. The van der Waals surface area contributed by atoms with Gasteiger partial charge in [0.1, 0.15) is 5.82 Å². The van der Waals surface area contributed by atoms with Gasteiger partial charge >= 0.3 is 0 Å². The van der Waals surface area contributed by atoms with Crippen LogP contribution in [0.5, 0.6) is 0 Å². The van der Waals surface area contributed by atoms with E-state index in [1.165, 1.54) is 18.0 Å². The van der Waals surface area contributed by atoms with E-state index in [0.717, 1.165) is 4.48 Å². The highest BCUT2D eigenvalue weighted by molar-refractivity contribution is 9.11. The summed E-state index contributed by atoms with van der Waals surface area (Å²) in [6.07, 6.45) is 0. The lowest BCUT2D eigenvalue weighted by Gasteiger charge is -2.13. The number of hydroxylamine groups is 1. The maximum absolute atomic E-state index is 13.4. The molecule has 1 heterocycles. The van der Waals surface area contributed by atoms with Gasteiger partial charge in [0.15, 0.2) is 0 Å². The lowest BCUT2D eigenvalue weighted by Crippen LogP contribution is -2.13. The average Bonchev–Trinajstić information content (AvgIpc) is 2.63. The van der Waals surface area contributed by atoms with E-state index in [-0.39, 0.29) is 12.4 Å². The molecule has 1 aliphatic rings. The average molecular weight is 325 g/mol. The Morgan fingerprint density at radius 3 is 3.00 bits per heavy atom. The van der Waals surface area contributed by atoms with Crippen molar-refractivity contribution in [2.24, 2.45) is 0 Å². The van der Waals surface area contributed by atoms with Crippen LogP contribution in [0, 0.1) is 5.82 Å². The maximum atomic E-state index is 13.4. The standard InChI is InChI=1S/C10H8BrClFNOS/c11-8-4-14(16-6-8)15-5-7-1-2-9(12)3-10(7)13/h1-3,6H,4-5H2. The minimum atomic E-state index is -0.344. The Balaban J connectivity index is 1.90. The Morgan fingerprint density at radius 1 is 1.56 bits per heavy atom. The minimum Gasteiger partial charge on any atom is -0.283 e. The fourth-order valence-electron chi connectivity index (χ4n) is 1.17. The summed E-state index contributed by atoms with van der Waals surface area (Å²) in [4.78, 5) is 5.41. The number of benzene rings is 1. The third kappa shape index (κ3) is 3.21. The Bertz CT molecular complexity index is 429. The summed E-state index contributed by atoms with van der Waals surface area (Å²) >= 11 is 10.4. The van der Waals surface area contributed by atoms with Crippen molar-refractivity contribution < 1.29 is 9.23 Å². The minimum absolute atomic E-state index is 0.199. The van der Waals surface area contributed by atoms with Gasteiger partial charge in [-0.2, -0.15) is 0 Å². The highest BCUT2D eigenvalue weighted by atomic mass is 79.9. The first-order chi connectivity index (χ1) is 7.65. The van der Waals surface area contributed by atoms with Crippen molar-refractivity contribution in [3.63, 3.8) is 0 Å². The second-order valence-corrected chi connectivity index (χ2v) is 5.48. The van der Waals surface area contributed by atoms with E-state index < -0.39 is 0 Å².